The fourth-order valence-electron chi connectivity index (χ4n) is 1.44. The first-order chi connectivity index (χ1) is 11.0. The Balaban J connectivity index is 3.50. The third-order valence-corrected chi connectivity index (χ3v) is 2.44. The third-order valence-electron chi connectivity index (χ3n) is 2.44. The summed E-state index contributed by atoms with van der Waals surface area (Å²) in [5, 5.41) is 0. The zero-order chi connectivity index (χ0) is 17.4. The van der Waals surface area contributed by atoms with Crippen LogP contribution in [-0.2, 0) is 14.4 Å². The lowest BCUT2D eigenvalue weighted by Gasteiger charge is -2.15. The molecule has 1 rings (SSSR count). The van der Waals surface area contributed by atoms with E-state index in [0.29, 0.717) is 5.56 Å². The van der Waals surface area contributed by atoms with Crippen LogP contribution in [0.1, 0.15) is 5.56 Å². The standard InChI is InChI=1S/C17H14O6/c1-5-11-9-10-12(21-13(18)6-2)17(23-15(20)8-4)16(11)22-14(19)7-3/h5-10H,1-4H2. The molecule has 0 saturated heterocycles. The Morgan fingerprint density at radius 3 is 1.70 bits per heavy atom. The van der Waals surface area contributed by atoms with Gasteiger partial charge in [0, 0.05) is 23.8 Å². The summed E-state index contributed by atoms with van der Waals surface area (Å²) in [6.07, 6.45) is 4.12. The van der Waals surface area contributed by atoms with E-state index in [0.717, 1.165) is 18.2 Å². The average Bonchev–Trinajstić information content (AvgIpc) is 2.56. The number of esters is 3. The van der Waals surface area contributed by atoms with E-state index < -0.39 is 17.9 Å². The molecule has 0 aliphatic rings. The Hall–Kier alpha value is -3.41. The topological polar surface area (TPSA) is 78.9 Å². The number of hydrogen-bond acceptors (Lipinski definition) is 6. The van der Waals surface area contributed by atoms with Crippen LogP contribution in [0.15, 0.2) is 56.7 Å². The molecule has 0 aliphatic carbocycles. The monoisotopic (exact) mass is 314 g/mol. The first kappa shape index (κ1) is 17.6. The van der Waals surface area contributed by atoms with Crippen LogP contribution >= 0.6 is 0 Å². The van der Waals surface area contributed by atoms with Gasteiger partial charge >= 0.3 is 17.9 Å². The molecule has 118 valence electrons. The van der Waals surface area contributed by atoms with Crippen LogP contribution < -0.4 is 14.2 Å². The maximum atomic E-state index is 11.5. The van der Waals surface area contributed by atoms with Crippen molar-refractivity contribution in [3.05, 3.63) is 62.2 Å². The molecular formula is C17H14O6. The average molecular weight is 314 g/mol. The summed E-state index contributed by atoms with van der Waals surface area (Å²) in [5.41, 5.74) is 0.338. The van der Waals surface area contributed by atoms with E-state index >= 15 is 0 Å². The zero-order valence-electron chi connectivity index (χ0n) is 12.2. The van der Waals surface area contributed by atoms with Crippen molar-refractivity contribution >= 4 is 24.0 Å². The molecule has 1 aromatic carbocycles. The van der Waals surface area contributed by atoms with Crippen molar-refractivity contribution in [1.29, 1.82) is 0 Å². The van der Waals surface area contributed by atoms with E-state index in [9.17, 15) is 14.4 Å². The summed E-state index contributed by atoms with van der Waals surface area (Å²) < 4.78 is 15.1. The minimum atomic E-state index is -0.835. The number of ether oxygens (including phenoxy) is 3. The van der Waals surface area contributed by atoms with Crippen molar-refractivity contribution in [2.75, 3.05) is 0 Å². The van der Waals surface area contributed by atoms with Gasteiger partial charge in [-0.3, -0.25) is 0 Å². The van der Waals surface area contributed by atoms with Gasteiger partial charge in [0.15, 0.2) is 11.5 Å². The van der Waals surface area contributed by atoms with Gasteiger partial charge in [-0.1, -0.05) is 32.4 Å². The SMILES string of the molecule is C=CC(=O)Oc1ccc(C=C)c(OC(=O)C=C)c1OC(=O)C=C. The normalized spacial score (nSPS) is 9.22. The predicted molar refractivity (Wildman–Crippen MR) is 84.0 cm³/mol. The highest BCUT2D eigenvalue weighted by Gasteiger charge is 2.21. The van der Waals surface area contributed by atoms with E-state index in [1.54, 1.807) is 0 Å². The molecule has 6 heteroatoms. The summed E-state index contributed by atoms with van der Waals surface area (Å²) in [6.45, 7) is 13.4. The summed E-state index contributed by atoms with van der Waals surface area (Å²) in [5.74, 6) is -2.96. The molecular weight excluding hydrogens is 300 g/mol. The van der Waals surface area contributed by atoms with Crippen molar-refractivity contribution < 1.29 is 28.6 Å². The van der Waals surface area contributed by atoms with Crippen LogP contribution in [0.4, 0.5) is 0 Å². The van der Waals surface area contributed by atoms with E-state index in [-0.39, 0.29) is 17.2 Å². The fraction of sp³-hybridized carbons (Fsp3) is 0. The van der Waals surface area contributed by atoms with Crippen LogP contribution in [0.5, 0.6) is 17.2 Å². The number of carbonyl (C=O) groups excluding carboxylic acids is 3. The lowest BCUT2D eigenvalue weighted by molar-refractivity contribution is -0.132. The molecule has 23 heavy (non-hydrogen) atoms. The molecule has 0 aromatic heterocycles. The van der Waals surface area contributed by atoms with Gasteiger partial charge in [0.05, 0.1) is 0 Å². The van der Waals surface area contributed by atoms with Crippen molar-refractivity contribution in [2.45, 2.75) is 0 Å². The zero-order valence-corrected chi connectivity index (χ0v) is 12.2. The quantitative estimate of drug-likeness (QED) is 0.437. The van der Waals surface area contributed by atoms with Gasteiger partial charge in [0.2, 0.25) is 5.75 Å². The van der Waals surface area contributed by atoms with Gasteiger partial charge in [-0.05, 0) is 12.1 Å². The van der Waals surface area contributed by atoms with Gasteiger partial charge < -0.3 is 14.2 Å². The second-order valence-corrected chi connectivity index (χ2v) is 3.89. The van der Waals surface area contributed by atoms with Crippen molar-refractivity contribution in [1.82, 2.24) is 0 Å². The molecule has 0 N–H and O–H groups in total. The molecule has 6 nitrogen and oxygen atoms in total. The predicted octanol–water partition coefficient (Wildman–Crippen LogP) is 2.60. The highest BCUT2D eigenvalue weighted by atomic mass is 16.6. The molecule has 0 radical (unpaired) electrons. The Morgan fingerprint density at radius 1 is 0.739 bits per heavy atom. The second-order valence-electron chi connectivity index (χ2n) is 3.89. The molecule has 0 aliphatic heterocycles. The molecule has 0 fully saturated rings. The number of hydrogen-bond donors (Lipinski definition) is 0. The van der Waals surface area contributed by atoms with Crippen LogP contribution in [0.25, 0.3) is 6.08 Å². The van der Waals surface area contributed by atoms with E-state index in [2.05, 4.69) is 26.3 Å². The Kier molecular flexibility index (Phi) is 6.24. The lowest BCUT2D eigenvalue weighted by Crippen LogP contribution is -2.12. The Bertz CT molecular complexity index is 699. The van der Waals surface area contributed by atoms with Gasteiger partial charge in [0.25, 0.3) is 0 Å². The first-order valence-electron chi connectivity index (χ1n) is 6.29. The van der Waals surface area contributed by atoms with Crippen LogP contribution in [-0.4, -0.2) is 17.9 Å². The van der Waals surface area contributed by atoms with E-state index in [1.807, 2.05) is 0 Å². The first-order valence-corrected chi connectivity index (χ1v) is 6.29. The van der Waals surface area contributed by atoms with Crippen molar-refractivity contribution in [3.63, 3.8) is 0 Å². The summed E-state index contributed by atoms with van der Waals surface area (Å²) in [4.78, 5) is 34.4. The fourth-order valence-corrected chi connectivity index (χ4v) is 1.44. The second kappa shape index (κ2) is 8.14. The smallest absolute Gasteiger partial charge is 0.335 e. The lowest BCUT2D eigenvalue weighted by atomic mass is 10.1. The highest BCUT2D eigenvalue weighted by Crippen LogP contribution is 2.41. The van der Waals surface area contributed by atoms with Crippen LogP contribution in [0.3, 0.4) is 0 Å². The maximum Gasteiger partial charge on any atom is 0.335 e. The van der Waals surface area contributed by atoms with Gasteiger partial charge in [0.1, 0.15) is 0 Å². The number of carbonyl (C=O) groups is 3. The van der Waals surface area contributed by atoms with E-state index in [4.69, 9.17) is 14.2 Å². The summed E-state index contributed by atoms with van der Waals surface area (Å²) in [6, 6.07) is 2.82. The maximum absolute atomic E-state index is 11.5. The van der Waals surface area contributed by atoms with Gasteiger partial charge in [-0.25, -0.2) is 14.4 Å². The third kappa shape index (κ3) is 4.53. The minimum absolute atomic E-state index is 0.137. The van der Waals surface area contributed by atoms with E-state index in [1.165, 1.54) is 18.2 Å². The molecule has 0 unspecified atom stereocenters. The highest BCUT2D eigenvalue weighted by molar-refractivity contribution is 5.89. The van der Waals surface area contributed by atoms with Crippen molar-refractivity contribution in [2.24, 2.45) is 0 Å². The minimum Gasteiger partial charge on any atom is -0.419 e. The van der Waals surface area contributed by atoms with Gasteiger partial charge in [-0.15, -0.1) is 0 Å². The summed E-state index contributed by atoms with van der Waals surface area (Å²) >= 11 is 0. The summed E-state index contributed by atoms with van der Waals surface area (Å²) in [7, 11) is 0. The molecule has 0 heterocycles. The van der Waals surface area contributed by atoms with Crippen LogP contribution in [0.2, 0.25) is 0 Å². The molecule has 0 bridgehead atoms. The molecule has 1 aromatic rings. The van der Waals surface area contributed by atoms with Crippen molar-refractivity contribution in [3.8, 4) is 17.2 Å². The number of rotatable bonds is 7. The molecule has 0 amide bonds. The molecule has 0 atom stereocenters. The Morgan fingerprint density at radius 2 is 1.22 bits per heavy atom. The largest absolute Gasteiger partial charge is 0.419 e. The molecule has 0 spiro atoms. The van der Waals surface area contributed by atoms with Crippen LogP contribution in [0, 0.1) is 0 Å². The Labute approximate surface area is 133 Å². The molecule has 0 saturated carbocycles. The number of benzene rings is 1. The van der Waals surface area contributed by atoms with Gasteiger partial charge in [-0.2, -0.15) is 0 Å².